The molecule has 0 aliphatic carbocycles. The quantitative estimate of drug-likeness (QED) is 0.785. The number of sulfone groups is 1. The molecular formula is C11H16N2O2S2. The van der Waals surface area contributed by atoms with Gasteiger partial charge in [0.2, 0.25) is 0 Å². The first-order valence-electron chi connectivity index (χ1n) is 5.11. The third kappa shape index (κ3) is 4.70. The van der Waals surface area contributed by atoms with Crippen molar-refractivity contribution in [3.05, 3.63) is 29.3 Å². The molecule has 0 heterocycles. The number of thiocarbonyl (C=S) groups is 1. The molecular weight excluding hydrogens is 256 g/mol. The summed E-state index contributed by atoms with van der Waals surface area (Å²) in [7, 11) is -2.93. The Bertz CT molecular complexity index is 524. The summed E-state index contributed by atoms with van der Waals surface area (Å²) in [6.45, 7) is 2.32. The Balaban J connectivity index is 2.70. The zero-order chi connectivity index (χ0) is 13.1. The lowest BCUT2D eigenvalue weighted by molar-refractivity contribution is 0.602. The van der Waals surface area contributed by atoms with Crippen molar-refractivity contribution in [2.24, 2.45) is 5.73 Å². The number of hydrogen-bond donors (Lipinski definition) is 2. The molecule has 1 aromatic rings. The number of aryl methyl sites for hydroxylation is 1. The van der Waals surface area contributed by atoms with Gasteiger partial charge in [-0.3, -0.25) is 0 Å². The van der Waals surface area contributed by atoms with E-state index in [1.54, 1.807) is 0 Å². The SMILES string of the molecule is Cc1cc(C(N)=S)ccc1NCCS(C)(=O)=O. The van der Waals surface area contributed by atoms with Gasteiger partial charge >= 0.3 is 0 Å². The molecule has 94 valence electrons. The first-order valence-corrected chi connectivity index (χ1v) is 7.58. The second-order valence-corrected chi connectivity index (χ2v) is 6.65. The third-order valence-electron chi connectivity index (χ3n) is 2.30. The molecule has 0 aliphatic heterocycles. The van der Waals surface area contributed by atoms with Gasteiger partial charge in [-0.2, -0.15) is 0 Å². The number of hydrogen-bond acceptors (Lipinski definition) is 4. The highest BCUT2D eigenvalue weighted by molar-refractivity contribution is 7.90. The van der Waals surface area contributed by atoms with Crippen LogP contribution in [-0.2, 0) is 9.84 Å². The van der Waals surface area contributed by atoms with Crippen molar-refractivity contribution in [3.63, 3.8) is 0 Å². The maximum Gasteiger partial charge on any atom is 0.149 e. The molecule has 0 aliphatic rings. The first-order chi connectivity index (χ1) is 7.79. The summed E-state index contributed by atoms with van der Waals surface area (Å²) in [5, 5.41) is 3.07. The summed E-state index contributed by atoms with van der Waals surface area (Å²) in [5.74, 6) is 0.115. The number of benzene rings is 1. The van der Waals surface area contributed by atoms with Gasteiger partial charge in [0.15, 0.2) is 0 Å². The van der Waals surface area contributed by atoms with Crippen molar-refractivity contribution in [1.82, 2.24) is 0 Å². The molecule has 0 radical (unpaired) electrons. The lowest BCUT2D eigenvalue weighted by atomic mass is 10.1. The van der Waals surface area contributed by atoms with E-state index in [1.165, 1.54) is 6.26 Å². The molecule has 0 atom stereocenters. The van der Waals surface area contributed by atoms with Crippen LogP contribution in [0.4, 0.5) is 5.69 Å². The van der Waals surface area contributed by atoms with Crippen LogP contribution in [0.2, 0.25) is 0 Å². The Morgan fingerprint density at radius 1 is 1.47 bits per heavy atom. The predicted octanol–water partition coefficient (Wildman–Crippen LogP) is 1.09. The van der Waals surface area contributed by atoms with E-state index in [0.29, 0.717) is 11.5 Å². The molecule has 0 aromatic heterocycles. The molecule has 4 nitrogen and oxygen atoms in total. The van der Waals surface area contributed by atoms with Gasteiger partial charge in [-0.25, -0.2) is 8.42 Å². The third-order valence-corrected chi connectivity index (χ3v) is 3.48. The molecule has 0 saturated heterocycles. The maximum atomic E-state index is 11.0. The number of nitrogens with one attached hydrogen (secondary N) is 1. The fraction of sp³-hybridized carbons (Fsp3) is 0.364. The van der Waals surface area contributed by atoms with Gasteiger partial charge in [0, 0.05) is 24.1 Å². The Morgan fingerprint density at radius 3 is 2.59 bits per heavy atom. The van der Waals surface area contributed by atoms with Crippen molar-refractivity contribution >= 4 is 32.7 Å². The van der Waals surface area contributed by atoms with Crippen LogP contribution < -0.4 is 11.1 Å². The average molecular weight is 272 g/mol. The van der Waals surface area contributed by atoms with Crippen LogP contribution in [-0.4, -0.2) is 32.0 Å². The topological polar surface area (TPSA) is 72.2 Å². The van der Waals surface area contributed by atoms with E-state index in [-0.39, 0.29) is 5.75 Å². The lowest BCUT2D eigenvalue weighted by Crippen LogP contribution is -2.15. The summed E-state index contributed by atoms with van der Waals surface area (Å²) in [5.41, 5.74) is 8.22. The van der Waals surface area contributed by atoms with Gasteiger partial charge in [-0.15, -0.1) is 0 Å². The van der Waals surface area contributed by atoms with Crippen molar-refractivity contribution < 1.29 is 8.42 Å². The smallest absolute Gasteiger partial charge is 0.149 e. The Morgan fingerprint density at radius 2 is 2.12 bits per heavy atom. The van der Waals surface area contributed by atoms with Gasteiger partial charge in [0.1, 0.15) is 14.8 Å². The van der Waals surface area contributed by atoms with Crippen molar-refractivity contribution in [1.29, 1.82) is 0 Å². The molecule has 3 N–H and O–H groups in total. The standard InChI is InChI=1S/C11H16N2O2S2/c1-8-7-9(11(12)16)3-4-10(8)13-5-6-17(2,14)15/h3-4,7,13H,5-6H2,1-2H3,(H2,12,16). The Labute approximate surface area is 107 Å². The van der Waals surface area contributed by atoms with Crippen molar-refractivity contribution in [2.45, 2.75) is 6.92 Å². The normalized spacial score (nSPS) is 11.2. The Hall–Kier alpha value is -1.14. The zero-order valence-corrected chi connectivity index (χ0v) is 11.5. The second kappa shape index (κ2) is 5.46. The molecule has 0 amide bonds. The molecule has 17 heavy (non-hydrogen) atoms. The molecule has 0 fully saturated rings. The van der Waals surface area contributed by atoms with E-state index in [9.17, 15) is 8.42 Å². The first kappa shape index (κ1) is 13.9. The van der Waals surface area contributed by atoms with Crippen LogP contribution in [0, 0.1) is 6.92 Å². The maximum absolute atomic E-state index is 11.0. The van der Waals surface area contributed by atoms with Gasteiger partial charge in [0.05, 0.1) is 5.75 Å². The van der Waals surface area contributed by atoms with Crippen LogP contribution in [0.1, 0.15) is 11.1 Å². The number of anilines is 1. The Kier molecular flexibility index (Phi) is 4.47. The predicted molar refractivity (Wildman–Crippen MR) is 75.3 cm³/mol. The zero-order valence-electron chi connectivity index (χ0n) is 9.86. The minimum absolute atomic E-state index is 0.115. The highest BCUT2D eigenvalue weighted by Crippen LogP contribution is 2.16. The van der Waals surface area contributed by atoms with Gasteiger partial charge in [-0.1, -0.05) is 12.2 Å². The number of rotatable bonds is 5. The molecule has 6 heteroatoms. The molecule has 1 rings (SSSR count). The molecule has 0 bridgehead atoms. The summed E-state index contributed by atoms with van der Waals surface area (Å²) in [6.07, 6.45) is 1.22. The van der Waals surface area contributed by atoms with E-state index in [2.05, 4.69) is 5.32 Å². The van der Waals surface area contributed by atoms with Gasteiger partial charge in [0.25, 0.3) is 0 Å². The average Bonchev–Trinajstić information content (AvgIpc) is 2.18. The minimum atomic E-state index is -2.93. The van der Waals surface area contributed by atoms with Crippen molar-refractivity contribution in [3.8, 4) is 0 Å². The van der Waals surface area contributed by atoms with E-state index in [1.807, 2.05) is 25.1 Å². The van der Waals surface area contributed by atoms with Crippen molar-refractivity contribution in [2.75, 3.05) is 23.9 Å². The van der Waals surface area contributed by atoms with Crippen LogP contribution in [0.25, 0.3) is 0 Å². The van der Waals surface area contributed by atoms with E-state index in [4.69, 9.17) is 18.0 Å². The van der Waals surface area contributed by atoms with Crippen LogP contribution in [0.5, 0.6) is 0 Å². The molecule has 0 spiro atoms. The number of nitrogens with two attached hydrogens (primary N) is 1. The summed E-state index contributed by atoms with van der Waals surface area (Å²) >= 11 is 4.88. The van der Waals surface area contributed by atoms with Gasteiger partial charge < -0.3 is 11.1 Å². The monoisotopic (exact) mass is 272 g/mol. The molecule has 0 saturated carbocycles. The summed E-state index contributed by atoms with van der Waals surface area (Å²) in [4.78, 5) is 0.357. The molecule has 1 aromatic carbocycles. The fourth-order valence-corrected chi connectivity index (χ4v) is 1.99. The largest absolute Gasteiger partial charge is 0.389 e. The lowest BCUT2D eigenvalue weighted by Gasteiger charge is -2.10. The second-order valence-electron chi connectivity index (χ2n) is 3.95. The van der Waals surface area contributed by atoms with Crippen LogP contribution in [0.15, 0.2) is 18.2 Å². The van der Waals surface area contributed by atoms with E-state index in [0.717, 1.165) is 16.8 Å². The summed E-state index contributed by atoms with van der Waals surface area (Å²) in [6, 6.07) is 5.55. The van der Waals surface area contributed by atoms with Gasteiger partial charge in [-0.05, 0) is 30.7 Å². The fourth-order valence-electron chi connectivity index (χ4n) is 1.39. The minimum Gasteiger partial charge on any atom is -0.389 e. The van der Waals surface area contributed by atoms with Crippen LogP contribution in [0.3, 0.4) is 0 Å². The molecule has 0 unspecified atom stereocenters. The summed E-state index contributed by atoms with van der Waals surface area (Å²) < 4.78 is 22.0. The van der Waals surface area contributed by atoms with E-state index >= 15 is 0 Å². The highest BCUT2D eigenvalue weighted by Gasteiger charge is 2.04. The highest BCUT2D eigenvalue weighted by atomic mass is 32.2. The van der Waals surface area contributed by atoms with Crippen LogP contribution >= 0.6 is 12.2 Å². The van der Waals surface area contributed by atoms with E-state index < -0.39 is 9.84 Å².